The van der Waals surface area contributed by atoms with Crippen LogP contribution >= 0.6 is 0 Å². The predicted molar refractivity (Wildman–Crippen MR) is 75.1 cm³/mol. The molecule has 0 saturated heterocycles. The first-order valence-corrected chi connectivity index (χ1v) is 6.13. The van der Waals surface area contributed by atoms with Gasteiger partial charge in [-0.2, -0.15) is 0 Å². The molecule has 0 bridgehead atoms. The maximum Gasteiger partial charge on any atom is 0.141 e. The first-order valence-electron chi connectivity index (χ1n) is 6.13. The zero-order chi connectivity index (χ0) is 13.2. The van der Waals surface area contributed by atoms with E-state index in [1.165, 1.54) is 0 Å². The number of aromatic nitrogens is 2. The van der Waals surface area contributed by atoms with E-state index >= 15 is 0 Å². The lowest BCUT2D eigenvalue weighted by Crippen LogP contribution is -1.99. The molecule has 0 aliphatic heterocycles. The number of hydrogen-bond acceptors (Lipinski definition) is 3. The fourth-order valence-electron chi connectivity index (χ4n) is 2.22. The third-order valence-corrected chi connectivity index (χ3v) is 3.17. The first kappa shape index (κ1) is 11.7. The van der Waals surface area contributed by atoms with Crippen molar-refractivity contribution in [2.45, 2.75) is 6.54 Å². The lowest BCUT2D eigenvalue weighted by Gasteiger charge is -2.04. The third kappa shape index (κ3) is 1.96. The monoisotopic (exact) mass is 253 g/mol. The minimum Gasteiger partial charge on any atom is -0.496 e. The Kier molecular flexibility index (Phi) is 2.93. The molecule has 3 rings (SSSR count). The van der Waals surface area contributed by atoms with Gasteiger partial charge >= 0.3 is 0 Å². The van der Waals surface area contributed by atoms with Crippen LogP contribution in [0.25, 0.3) is 16.9 Å². The maximum absolute atomic E-state index is 5.74. The molecule has 0 radical (unpaired) electrons. The van der Waals surface area contributed by atoms with Crippen molar-refractivity contribution >= 4 is 5.65 Å². The summed E-state index contributed by atoms with van der Waals surface area (Å²) in [4.78, 5) is 4.67. The highest BCUT2D eigenvalue weighted by molar-refractivity contribution is 5.70. The average Bonchev–Trinajstić information content (AvgIpc) is 2.90. The summed E-state index contributed by atoms with van der Waals surface area (Å²) in [6, 6.07) is 11.8. The second-order valence-corrected chi connectivity index (χ2v) is 4.29. The highest BCUT2D eigenvalue weighted by Gasteiger charge is 2.10. The van der Waals surface area contributed by atoms with Gasteiger partial charge in [0, 0.05) is 30.1 Å². The third-order valence-electron chi connectivity index (χ3n) is 3.17. The van der Waals surface area contributed by atoms with Gasteiger partial charge in [0.15, 0.2) is 0 Å². The van der Waals surface area contributed by atoms with E-state index in [0.29, 0.717) is 6.54 Å². The van der Waals surface area contributed by atoms with Crippen LogP contribution < -0.4 is 10.5 Å². The average molecular weight is 253 g/mol. The van der Waals surface area contributed by atoms with Crippen LogP contribution in [0.5, 0.6) is 5.75 Å². The van der Waals surface area contributed by atoms with Gasteiger partial charge in [-0.25, -0.2) is 4.98 Å². The molecular formula is C15H15N3O. The van der Waals surface area contributed by atoms with Crippen LogP contribution in [0.2, 0.25) is 0 Å². The Morgan fingerprint density at radius 1 is 1.21 bits per heavy atom. The minimum absolute atomic E-state index is 0.479. The largest absolute Gasteiger partial charge is 0.496 e. The van der Waals surface area contributed by atoms with Crippen LogP contribution in [-0.4, -0.2) is 16.5 Å². The lowest BCUT2D eigenvalue weighted by molar-refractivity contribution is 0.416. The SMILES string of the molecule is COc1ccccc1-c1cn2cccc(CN)c2n1. The summed E-state index contributed by atoms with van der Waals surface area (Å²) in [6.07, 6.45) is 3.97. The van der Waals surface area contributed by atoms with E-state index in [-0.39, 0.29) is 0 Å². The minimum atomic E-state index is 0.479. The summed E-state index contributed by atoms with van der Waals surface area (Å²) in [5.74, 6) is 0.820. The van der Waals surface area contributed by atoms with Gasteiger partial charge in [-0.1, -0.05) is 18.2 Å². The smallest absolute Gasteiger partial charge is 0.141 e. The quantitative estimate of drug-likeness (QED) is 0.780. The molecule has 3 aromatic rings. The van der Waals surface area contributed by atoms with Gasteiger partial charge in [-0.15, -0.1) is 0 Å². The van der Waals surface area contributed by atoms with Gasteiger partial charge in [0.1, 0.15) is 11.4 Å². The molecule has 0 fully saturated rings. The summed E-state index contributed by atoms with van der Waals surface area (Å²) in [5.41, 5.74) is 9.54. The Morgan fingerprint density at radius 3 is 2.84 bits per heavy atom. The van der Waals surface area contributed by atoms with Gasteiger partial charge in [0.05, 0.1) is 12.8 Å². The number of imidazole rings is 1. The normalized spacial score (nSPS) is 10.8. The molecule has 0 saturated carbocycles. The lowest BCUT2D eigenvalue weighted by atomic mass is 10.1. The van der Waals surface area contributed by atoms with Crippen LogP contribution in [-0.2, 0) is 6.54 Å². The van der Waals surface area contributed by atoms with Crippen molar-refractivity contribution in [1.29, 1.82) is 0 Å². The molecule has 0 spiro atoms. The number of rotatable bonds is 3. The predicted octanol–water partition coefficient (Wildman–Crippen LogP) is 2.47. The van der Waals surface area contributed by atoms with E-state index < -0.39 is 0 Å². The Balaban J connectivity index is 2.21. The molecular weight excluding hydrogens is 238 g/mol. The van der Waals surface area contributed by atoms with Crippen LogP contribution in [0, 0.1) is 0 Å². The Labute approximate surface area is 111 Å². The van der Waals surface area contributed by atoms with Crippen molar-refractivity contribution in [3.05, 3.63) is 54.4 Å². The maximum atomic E-state index is 5.74. The molecule has 0 amide bonds. The van der Waals surface area contributed by atoms with Crippen molar-refractivity contribution in [2.24, 2.45) is 5.73 Å². The summed E-state index contributed by atoms with van der Waals surface area (Å²) < 4.78 is 7.37. The fourth-order valence-corrected chi connectivity index (χ4v) is 2.22. The molecule has 0 aliphatic rings. The topological polar surface area (TPSA) is 52.5 Å². The summed E-state index contributed by atoms with van der Waals surface area (Å²) in [7, 11) is 1.67. The molecule has 2 heterocycles. The van der Waals surface area contributed by atoms with Crippen LogP contribution in [0.1, 0.15) is 5.56 Å². The van der Waals surface area contributed by atoms with E-state index in [9.17, 15) is 0 Å². The first-order chi connectivity index (χ1) is 9.33. The van der Waals surface area contributed by atoms with E-state index in [0.717, 1.165) is 28.2 Å². The van der Waals surface area contributed by atoms with Crippen molar-refractivity contribution in [3.8, 4) is 17.0 Å². The van der Waals surface area contributed by atoms with Crippen molar-refractivity contribution < 1.29 is 4.74 Å². The van der Waals surface area contributed by atoms with Crippen molar-refractivity contribution in [1.82, 2.24) is 9.38 Å². The van der Waals surface area contributed by atoms with Gasteiger partial charge in [-0.3, -0.25) is 0 Å². The van der Waals surface area contributed by atoms with E-state index in [1.54, 1.807) is 7.11 Å². The molecule has 96 valence electrons. The number of hydrogen-bond donors (Lipinski definition) is 1. The molecule has 0 aliphatic carbocycles. The Morgan fingerprint density at radius 2 is 2.05 bits per heavy atom. The van der Waals surface area contributed by atoms with Crippen LogP contribution in [0.4, 0.5) is 0 Å². The van der Waals surface area contributed by atoms with E-state index in [4.69, 9.17) is 10.5 Å². The van der Waals surface area contributed by atoms with Crippen LogP contribution in [0.3, 0.4) is 0 Å². The summed E-state index contributed by atoms with van der Waals surface area (Å²) in [6.45, 7) is 0.479. The Hall–Kier alpha value is -2.33. The summed E-state index contributed by atoms with van der Waals surface area (Å²) in [5, 5.41) is 0. The molecule has 0 atom stereocenters. The molecule has 4 heteroatoms. The number of para-hydroxylation sites is 1. The van der Waals surface area contributed by atoms with Gasteiger partial charge in [0.2, 0.25) is 0 Å². The highest BCUT2D eigenvalue weighted by Crippen LogP contribution is 2.29. The zero-order valence-corrected chi connectivity index (χ0v) is 10.7. The molecule has 4 nitrogen and oxygen atoms in total. The second-order valence-electron chi connectivity index (χ2n) is 4.29. The molecule has 2 aromatic heterocycles. The molecule has 2 N–H and O–H groups in total. The Bertz CT molecular complexity index is 718. The number of nitrogens with zero attached hydrogens (tertiary/aromatic N) is 2. The number of nitrogens with two attached hydrogens (primary N) is 1. The number of pyridine rings is 1. The number of benzene rings is 1. The van der Waals surface area contributed by atoms with Crippen LogP contribution in [0.15, 0.2) is 48.8 Å². The summed E-state index contributed by atoms with van der Waals surface area (Å²) >= 11 is 0. The fraction of sp³-hybridized carbons (Fsp3) is 0.133. The molecule has 1 aromatic carbocycles. The van der Waals surface area contributed by atoms with Crippen molar-refractivity contribution in [2.75, 3.05) is 7.11 Å². The number of ether oxygens (including phenoxy) is 1. The van der Waals surface area contributed by atoms with E-state index in [1.807, 2.05) is 53.2 Å². The zero-order valence-electron chi connectivity index (χ0n) is 10.7. The van der Waals surface area contributed by atoms with Gasteiger partial charge in [-0.05, 0) is 18.2 Å². The van der Waals surface area contributed by atoms with Gasteiger partial charge in [0.25, 0.3) is 0 Å². The number of methoxy groups -OCH3 is 1. The standard InChI is InChI=1S/C15H15N3O/c1-19-14-7-3-2-6-12(14)13-10-18-8-4-5-11(9-16)15(18)17-13/h2-8,10H,9,16H2,1H3. The molecule has 19 heavy (non-hydrogen) atoms. The highest BCUT2D eigenvalue weighted by atomic mass is 16.5. The number of fused-ring (bicyclic) bond motifs is 1. The van der Waals surface area contributed by atoms with Crippen molar-refractivity contribution in [3.63, 3.8) is 0 Å². The van der Waals surface area contributed by atoms with E-state index in [2.05, 4.69) is 4.98 Å². The van der Waals surface area contributed by atoms with Gasteiger partial charge < -0.3 is 14.9 Å². The molecule has 0 unspecified atom stereocenters. The second kappa shape index (κ2) is 4.74.